The van der Waals surface area contributed by atoms with Crippen LogP contribution in [0.2, 0.25) is 0 Å². The van der Waals surface area contributed by atoms with E-state index in [0.29, 0.717) is 24.3 Å². The molecular weight excluding hydrogens is 259 g/mol. The van der Waals surface area contributed by atoms with E-state index in [0.717, 1.165) is 0 Å². The van der Waals surface area contributed by atoms with Crippen LogP contribution < -0.4 is 5.73 Å². The van der Waals surface area contributed by atoms with Crippen molar-refractivity contribution in [3.05, 3.63) is 35.1 Å². The zero-order chi connectivity index (χ0) is 15.1. The Morgan fingerprint density at radius 1 is 1.40 bits per heavy atom. The minimum absolute atomic E-state index is 0.111. The first-order valence-corrected chi connectivity index (χ1v) is 6.85. The summed E-state index contributed by atoms with van der Waals surface area (Å²) < 4.78 is 19.1. The molecule has 0 unspecified atom stereocenters. The number of hydrogen-bond acceptors (Lipinski definition) is 4. The first-order valence-electron chi connectivity index (χ1n) is 6.85. The van der Waals surface area contributed by atoms with E-state index in [1.165, 1.54) is 0 Å². The third-order valence-electron chi connectivity index (χ3n) is 3.12. The van der Waals surface area contributed by atoms with Crippen molar-refractivity contribution in [2.24, 2.45) is 5.73 Å². The first-order chi connectivity index (χ1) is 9.49. The van der Waals surface area contributed by atoms with Crippen molar-refractivity contribution in [3.8, 4) is 0 Å². The quantitative estimate of drug-likeness (QED) is 0.778. The van der Waals surface area contributed by atoms with Gasteiger partial charge in [-0.25, -0.2) is 4.39 Å². The van der Waals surface area contributed by atoms with E-state index in [1.807, 2.05) is 18.7 Å². The van der Waals surface area contributed by atoms with Crippen LogP contribution in [0.3, 0.4) is 0 Å². The van der Waals surface area contributed by atoms with Gasteiger partial charge in [-0.15, -0.1) is 0 Å². The number of hydrogen-bond donors (Lipinski definition) is 1. The Balaban J connectivity index is 2.83. The molecule has 0 aromatic heterocycles. The summed E-state index contributed by atoms with van der Waals surface area (Å²) in [6.45, 7) is 6.71. The standard InChI is InChI=1S/C15H23FN2O2/c1-4-20-14(19)10-18(11(2)3)9-13-7-5-6-12(8-17)15(13)16/h5-7,11H,4,8-10,17H2,1-3H3. The predicted octanol–water partition coefficient (Wildman–Crippen LogP) is 2.06. The number of esters is 1. The van der Waals surface area contributed by atoms with Crippen molar-refractivity contribution >= 4 is 5.97 Å². The highest BCUT2D eigenvalue weighted by atomic mass is 19.1. The van der Waals surface area contributed by atoms with E-state index in [1.54, 1.807) is 25.1 Å². The van der Waals surface area contributed by atoms with Gasteiger partial charge in [0, 0.05) is 30.3 Å². The molecule has 5 heteroatoms. The Bertz CT molecular complexity index is 449. The molecule has 112 valence electrons. The number of nitrogens with two attached hydrogens (primary N) is 1. The highest BCUT2D eigenvalue weighted by Gasteiger charge is 2.17. The molecule has 2 N–H and O–H groups in total. The van der Waals surface area contributed by atoms with Crippen molar-refractivity contribution in [2.75, 3.05) is 13.2 Å². The summed E-state index contributed by atoms with van der Waals surface area (Å²) in [4.78, 5) is 13.5. The van der Waals surface area contributed by atoms with Crippen LogP contribution in [0.4, 0.5) is 4.39 Å². The van der Waals surface area contributed by atoms with Gasteiger partial charge in [-0.1, -0.05) is 18.2 Å². The van der Waals surface area contributed by atoms with E-state index in [9.17, 15) is 9.18 Å². The maximum absolute atomic E-state index is 14.2. The van der Waals surface area contributed by atoms with E-state index < -0.39 is 0 Å². The van der Waals surface area contributed by atoms with Gasteiger partial charge in [0.25, 0.3) is 0 Å². The van der Waals surface area contributed by atoms with Crippen LogP contribution in [-0.2, 0) is 22.6 Å². The Hall–Kier alpha value is -1.46. The molecule has 1 rings (SSSR count). The number of benzene rings is 1. The molecule has 0 aliphatic heterocycles. The zero-order valence-electron chi connectivity index (χ0n) is 12.4. The number of ether oxygens (including phenoxy) is 1. The van der Waals surface area contributed by atoms with Crippen LogP contribution in [0.1, 0.15) is 31.9 Å². The van der Waals surface area contributed by atoms with Gasteiger partial charge in [0.1, 0.15) is 5.82 Å². The Labute approximate surface area is 119 Å². The highest BCUT2D eigenvalue weighted by Crippen LogP contribution is 2.16. The first kappa shape index (κ1) is 16.6. The summed E-state index contributed by atoms with van der Waals surface area (Å²) in [5, 5.41) is 0. The van der Waals surface area contributed by atoms with Gasteiger partial charge in [-0.3, -0.25) is 9.69 Å². The van der Waals surface area contributed by atoms with Crippen LogP contribution in [0.5, 0.6) is 0 Å². The number of carbonyl (C=O) groups is 1. The van der Waals surface area contributed by atoms with Crippen LogP contribution in [0, 0.1) is 5.82 Å². The average Bonchev–Trinajstić information content (AvgIpc) is 2.40. The fraction of sp³-hybridized carbons (Fsp3) is 0.533. The smallest absolute Gasteiger partial charge is 0.320 e. The third-order valence-corrected chi connectivity index (χ3v) is 3.12. The summed E-state index contributed by atoms with van der Waals surface area (Å²) in [7, 11) is 0. The van der Waals surface area contributed by atoms with Crippen LogP contribution >= 0.6 is 0 Å². The van der Waals surface area contributed by atoms with Crippen molar-refractivity contribution in [1.29, 1.82) is 0 Å². The molecule has 1 aromatic carbocycles. The molecule has 0 atom stereocenters. The van der Waals surface area contributed by atoms with Gasteiger partial charge in [-0.2, -0.15) is 0 Å². The Kier molecular flexibility index (Phi) is 6.61. The van der Waals surface area contributed by atoms with Gasteiger partial charge in [0.2, 0.25) is 0 Å². The molecule has 0 bridgehead atoms. The zero-order valence-corrected chi connectivity index (χ0v) is 12.4. The largest absolute Gasteiger partial charge is 0.465 e. The maximum atomic E-state index is 14.2. The maximum Gasteiger partial charge on any atom is 0.320 e. The molecule has 0 radical (unpaired) electrons. The monoisotopic (exact) mass is 282 g/mol. The second-order valence-corrected chi connectivity index (χ2v) is 4.90. The molecule has 0 heterocycles. The molecule has 1 aromatic rings. The second kappa shape index (κ2) is 7.97. The lowest BCUT2D eigenvalue weighted by Crippen LogP contribution is -2.36. The summed E-state index contributed by atoms with van der Waals surface area (Å²) >= 11 is 0. The van der Waals surface area contributed by atoms with Crippen LogP contribution in [0.25, 0.3) is 0 Å². The molecule has 0 saturated heterocycles. The molecule has 20 heavy (non-hydrogen) atoms. The fourth-order valence-corrected chi connectivity index (χ4v) is 1.93. The summed E-state index contributed by atoms with van der Waals surface area (Å²) in [6.07, 6.45) is 0. The summed E-state index contributed by atoms with van der Waals surface area (Å²) in [5.41, 5.74) is 6.54. The Morgan fingerprint density at radius 2 is 2.05 bits per heavy atom. The topological polar surface area (TPSA) is 55.6 Å². The number of halogens is 1. The molecular formula is C15H23FN2O2. The van der Waals surface area contributed by atoms with Gasteiger partial charge < -0.3 is 10.5 Å². The normalized spacial score (nSPS) is 11.2. The predicted molar refractivity (Wildman–Crippen MR) is 76.5 cm³/mol. The van der Waals surface area contributed by atoms with Gasteiger partial charge in [0.15, 0.2) is 0 Å². The lowest BCUT2D eigenvalue weighted by Gasteiger charge is -2.25. The van der Waals surface area contributed by atoms with Gasteiger partial charge in [-0.05, 0) is 20.8 Å². The summed E-state index contributed by atoms with van der Waals surface area (Å²) in [5.74, 6) is -0.582. The molecule has 0 aliphatic rings. The molecule has 0 fully saturated rings. The fourth-order valence-electron chi connectivity index (χ4n) is 1.93. The number of carbonyl (C=O) groups excluding carboxylic acids is 1. The van der Waals surface area contributed by atoms with Crippen molar-refractivity contribution in [2.45, 2.75) is 39.9 Å². The highest BCUT2D eigenvalue weighted by molar-refractivity contribution is 5.71. The molecule has 4 nitrogen and oxygen atoms in total. The molecule has 0 saturated carbocycles. The summed E-state index contributed by atoms with van der Waals surface area (Å²) in [6, 6.07) is 5.28. The second-order valence-electron chi connectivity index (χ2n) is 4.90. The lowest BCUT2D eigenvalue weighted by atomic mass is 10.1. The van der Waals surface area contributed by atoms with Gasteiger partial charge in [0.05, 0.1) is 13.2 Å². The van der Waals surface area contributed by atoms with Crippen molar-refractivity contribution in [3.63, 3.8) is 0 Å². The van der Waals surface area contributed by atoms with Gasteiger partial charge >= 0.3 is 5.97 Å². The minimum atomic E-state index is -0.295. The molecule has 0 aliphatic carbocycles. The third kappa shape index (κ3) is 4.58. The van der Waals surface area contributed by atoms with E-state index in [-0.39, 0.29) is 30.9 Å². The van der Waals surface area contributed by atoms with E-state index >= 15 is 0 Å². The van der Waals surface area contributed by atoms with Crippen molar-refractivity contribution in [1.82, 2.24) is 4.90 Å². The average molecular weight is 282 g/mol. The number of nitrogens with zero attached hydrogens (tertiary/aromatic N) is 1. The van der Waals surface area contributed by atoms with Crippen LogP contribution in [0.15, 0.2) is 18.2 Å². The lowest BCUT2D eigenvalue weighted by molar-refractivity contribution is -0.145. The van der Waals surface area contributed by atoms with E-state index in [2.05, 4.69) is 0 Å². The Morgan fingerprint density at radius 3 is 2.60 bits per heavy atom. The minimum Gasteiger partial charge on any atom is -0.465 e. The molecule has 0 amide bonds. The van der Waals surface area contributed by atoms with Crippen LogP contribution in [-0.4, -0.2) is 30.1 Å². The van der Waals surface area contributed by atoms with E-state index in [4.69, 9.17) is 10.5 Å². The van der Waals surface area contributed by atoms with Crippen molar-refractivity contribution < 1.29 is 13.9 Å². The number of rotatable bonds is 7. The SMILES string of the molecule is CCOC(=O)CN(Cc1cccc(CN)c1F)C(C)C. The molecule has 0 spiro atoms.